The molecule has 0 amide bonds. The van der Waals surface area contributed by atoms with Crippen LogP contribution in [0.25, 0.3) is 11.1 Å². The van der Waals surface area contributed by atoms with Crippen molar-refractivity contribution in [1.82, 2.24) is 0 Å². The Morgan fingerprint density at radius 2 is 0.909 bits per heavy atom. The minimum absolute atomic E-state index is 0.628. The molecule has 2 saturated carbocycles. The molecule has 2 nitrogen and oxygen atoms in total. The average Bonchev–Trinajstić information content (AvgIpc) is 2.87. The molecule has 0 aromatic heterocycles. The second-order valence-corrected chi connectivity index (χ2v) is 10.3. The molecule has 3 aromatic carbocycles. The maximum Gasteiger partial charge on any atom is 0.0342 e. The molecule has 0 radical (unpaired) electrons. The topological polar surface area (TPSA) is 24.1 Å². The van der Waals surface area contributed by atoms with Gasteiger partial charge in [-0.25, -0.2) is 0 Å². The van der Waals surface area contributed by atoms with Gasteiger partial charge >= 0.3 is 0 Å². The fourth-order valence-corrected chi connectivity index (χ4v) is 5.98. The van der Waals surface area contributed by atoms with Crippen molar-refractivity contribution in [3.8, 4) is 11.1 Å². The quantitative estimate of drug-likeness (QED) is 0.404. The zero-order valence-electron chi connectivity index (χ0n) is 20.0. The van der Waals surface area contributed by atoms with Crippen LogP contribution >= 0.6 is 0 Å². The van der Waals surface area contributed by atoms with Crippen molar-refractivity contribution >= 4 is 11.4 Å². The Kier molecular flexibility index (Phi) is 7.00. The van der Waals surface area contributed by atoms with E-state index < -0.39 is 0 Å². The van der Waals surface area contributed by atoms with Crippen LogP contribution in [0.5, 0.6) is 0 Å². The Balaban J connectivity index is 1.05. The molecule has 172 valence electrons. The third-order valence-electron chi connectivity index (χ3n) is 8.00. The second kappa shape index (κ2) is 10.5. The van der Waals surface area contributed by atoms with Crippen LogP contribution in [0.15, 0.2) is 78.9 Å². The first kappa shape index (κ1) is 22.1. The van der Waals surface area contributed by atoms with Gasteiger partial charge in [-0.2, -0.15) is 0 Å². The van der Waals surface area contributed by atoms with Crippen molar-refractivity contribution in [1.29, 1.82) is 0 Å². The number of nitrogens with one attached hydrogen (secondary N) is 2. The lowest BCUT2D eigenvalue weighted by atomic mass is 9.71. The summed E-state index contributed by atoms with van der Waals surface area (Å²) < 4.78 is 0. The first-order chi connectivity index (χ1) is 16.2. The Morgan fingerprint density at radius 3 is 1.39 bits per heavy atom. The smallest absolute Gasteiger partial charge is 0.0342 e. The number of rotatable bonds is 6. The van der Waals surface area contributed by atoms with Gasteiger partial charge in [0.15, 0.2) is 0 Å². The zero-order chi connectivity index (χ0) is 22.5. The number of benzene rings is 3. The van der Waals surface area contributed by atoms with E-state index in [9.17, 15) is 0 Å². The molecule has 0 saturated heterocycles. The lowest BCUT2D eigenvalue weighted by molar-refractivity contribution is 0.185. The molecule has 33 heavy (non-hydrogen) atoms. The van der Waals surface area contributed by atoms with Gasteiger partial charge in [-0.15, -0.1) is 0 Å². The summed E-state index contributed by atoms with van der Waals surface area (Å²) >= 11 is 0. The molecule has 2 aliphatic carbocycles. The molecule has 0 aliphatic heterocycles. The highest BCUT2D eigenvalue weighted by atomic mass is 14.9. The lowest BCUT2D eigenvalue weighted by Crippen LogP contribution is -2.33. The molecular weight excluding hydrogens is 400 g/mol. The standard InChI is InChI=1S/C31H38N2/c1-23-7-15-28(16-8-23)32-29-19-11-26(12-20-29)27-13-21-31(22-14-27)33-30-17-9-25(10-18-30)24-5-3-2-4-6-24/h2-10,15-18,26-27,29,31-33H,11-14,19-22H2,1H3. The summed E-state index contributed by atoms with van der Waals surface area (Å²) in [6, 6.07) is 29.8. The van der Waals surface area contributed by atoms with Gasteiger partial charge in [-0.1, -0.05) is 60.2 Å². The van der Waals surface area contributed by atoms with Gasteiger partial charge < -0.3 is 10.6 Å². The Hall–Kier alpha value is -2.74. The van der Waals surface area contributed by atoms with Crippen LogP contribution in [0.3, 0.4) is 0 Å². The van der Waals surface area contributed by atoms with E-state index >= 15 is 0 Å². The van der Waals surface area contributed by atoms with Crippen LogP contribution in [-0.2, 0) is 0 Å². The summed E-state index contributed by atoms with van der Waals surface area (Å²) in [5.41, 5.74) is 6.46. The summed E-state index contributed by atoms with van der Waals surface area (Å²) in [5, 5.41) is 7.58. The predicted molar refractivity (Wildman–Crippen MR) is 142 cm³/mol. The summed E-state index contributed by atoms with van der Waals surface area (Å²) in [4.78, 5) is 0. The van der Waals surface area contributed by atoms with Gasteiger partial charge in [0.2, 0.25) is 0 Å². The van der Waals surface area contributed by atoms with E-state index in [2.05, 4.69) is 96.4 Å². The average molecular weight is 439 g/mol. The van der Waals surface area contributed by atoms with E-state index in [1.54, 1.807) is 0 Å². The van der Waals surface area contributed by atoms with E-state index in [0.717, 1.165) is 11.8 Å². The molecule has 2 heteroatoms. The fourth-order valence-electron chi connectivity index (χ4n) is 5.98. The van der Waals surface area contributed by atoms with Gasteiger partial charge in [0, 0.05) is 23.5 Å². The van der Waals surface area contributed by atoms with Crippen molar-refractivity contribution in [3.05, 3.63) is 84.4 Å². The number of aryl methyl sites for hydroxylation is 1. The normalized spacial score (nSPS) is 25.4. The van der Waals surface area contributed by atoms with Crippen molar-refractivity contribution in [2.75, 3.05) is 10.6 Å². The molecule has 0 spiro atoms. The Morgan fingerprint density at radius 1 is 0.485 bits per heavy atom. The molecule has 5 rings (SSSR count). The van der Waals surface area contributed by atoms with Crippen molar-refractivity contribution < 1.29 is 0 Å². The number of anilines is 2. The lowest BCUT2D eigenvalue weighted by Gasteiger charge is -2.38. The first-order valence-electron chi connectivity index (χ1n) is 13.0. The van der Waals surface area contributed by atoms with Gasteiger partial charge in [0.05, 0.1) is 0 Å². The highest BCUT2D eigenvalue weighted by molar-refractivity contribution is 5.66. The Labute approximate surface area is 199 Å². The van der Waals surface area contributed by atoms with Crippen LogP contribution in [-0.4, -0.2) is 12.1 Å². The number of hydrogen-bond acceptors (Lipinski definition) is 2. The third kappa shape index (κ3) is 5.79. The highest BCUT2D eigenvalue weighted by Gasteiger charge is 2.30. The van der Waals surface area contributed by atoms with Crippen molar-refractivity contribution in [2.45, 2.75) is 70.4 Å². The van der Waals surface area contributed by atoms with Crippen molar-refractivity contribution in [3.63, 3.8) is 0 Å². The van der Waals surface area contributed by atoms with E-state index in [4.69, 9.17) is 0 Å². The third-order valence-corrected chi connectivity index (χ3v) is 8.00. The molecular formula is C31H38N2. The minimum atomic E-state index is 0.628. The summed E-state index contributed by atoms with van der Waals surface area (Å²) in [5.74, 6) is 1.87. The monoisotopic (exact) mass is 438 g/mol. The largest absolute Gasteiger partial charge is 0.382 e. The summed E-state index contributed by atoms with van der Waals surface area (Å²) in [6.07, 6.45) is 10.8. The molecule has 0 atom stereocenters. The van der Waals surface area contributed by atoms with Gasteiger partial charge in [-0.05, 0) is 106 Å². The van der Waals surface area contributed by atoms with E-state index in [0.29, 0.717) is 12.1 Å². The van der Waals surface area contributed by atoms with E-state index in [-0.39, 0.29) is 0 Å². The number of hydrogen-bond donors (Lipinski definition) is 2. The molecule has 2 fully saturated rings. The van der Waals surface area contributed by atoms with Crippen LogP contribution in [0.1, 0.15) is 56.9 Å². The maximum atomic E-state index is 3.81. The zero-order valence-corrected chi connectivity index (χ0v) is 20.0. The van der Waals surface area contributed by atoms with E-state index in [1.165, 1.54) is 79.4 Å². The SMILES string of the molecule is Cc1ccc(NC2CCC(C3CCC(Nc4ccc(-c5ccccc5)cc4)CC3)CC2)cc1. The van der Waals surface area contributed by atoms with Gasteiger partial charge in [-0.3, -0.25) is 0 Å². The second-order valence-electron chi connectivity index (χ2n) is 10.3. The predicted octanol–water partition coefficient (Wildman–Crippen LogP) is 8.30. The van der Waals surface area contributed by atoms with Gasteiger partial charge in [0.25, 0.3) is 0 Å². The van der Waals surface area contributed by atoms with Crippen molar-refractivity contribution in [2.24, 2.45) is 11.8 Å². The molecule has 0 unspecified atom stereocenters. The molecule has 0 bridgehead atoms. The van der Waals surface area contributed by atoms with Crippen LogP contribution < -0.4 is 10.6 Å². The van der Waals surface area contributed by atoms with Gasteiger partial charge in [0.1, 0.15) is 0 Å². The minimum Gasteiger partial charge on any atom is -0.382 e. The maximum absolute atomic E-state index is 3.81. The van der Waals surface area contributed by atoms with E-state index in [1.807, 2.05) is 0 Å². The molecule has 0 heterocycles. The van der Waals surface area contributed by atoms with Crippen LogP contribution in [0.2, 0.25) is 0 Å². The highest BCUT2D eigenvalue weighted by Crippen LogP contribution is 2.39. The molecule has 2 N–H and O–H groups in total. The Bertz CT molecular complexity index is 977. The summed E-state index contributed by atoms with van der Waals surface area (Å²) in [7, 11) is 0. The fraction of sp³-hybridized carbons (Fsp3) is 0.419. The first-order valence-corrected chi connectivity index (χ1v) is 13.0. The molecule has 3 aromatic rings. The summed E-state index contributed by atoms with van der Waals surface area (Å²) in [6.45, 7) is 2.15. The molecule has 2 aliphatic rings. The van der Waals surface area contributed by atoms with Crippen LogP contribution in [0.4, 0.5) is 11.4 Å². The van der Waals surface area contributed by atoms with Crippen LogP contribution in [0, 0.1) is 18.8 Å².